The maximum Gasteiger partial charge on any atom is 0.142 e. The van der Waals surface area contributed by atoms with E-state index >= 15 is 0 Å². The Kier molecular flexibility index (Phi) is 22.4. The van der Waals surface area contributed by atoms with E-state index in [1.165, 1.54) is 0 Å². The van der Waals surface area contributed by atoms with E-state index in [9.17, 15) is 0 Å². The van der Waals surface area contributed by atoms with Crippen LogP contribution in [0.1, 0.15) is 75.7 Å². The Hall–Kier alpha value is -4.65. The Labute approximate surface area is 260 Å². The molecule has 0 radical (unpaired) electrons. The molecule has 1 aliphatic rings. The van der Waals surface area contributed by atoms with Crippen molar-refractivity contribution in [2.75, 3.05) is 9.80 Å². The van der Waals surface area contributed by atoms with Gasteiger partial charge in [-0.15, -0.1) is 0 Å². The van der Waals surface area contributed by atoms with Crippen molar-refractivity contribution in [3.63, 3.8) is 0 Å². The van der Waals surface area contributed by atoms with Crippen LogP contribution in [0.2, 0.25) is 0 Å². The van der Waals surface area contributed by atoms with Gasteiger partial charge in [-0.2, -0.15) is 0 Å². The minimum absolute atomic E-state index is 0.680. The van der Waals surface area contributed by atoms with Crippen LogP contribution in [0.4, 0.5) is 29.1 Å². The van der Waals surface area contributed by atoms with Gasteiger partial charge in [0, 0.05) is 31.2 Å². The van der Waals surface area contributed by atoms with Gasteiger partial charge in [0.05, 0.1) is 0 Å². The standard InChI is InChI=1S/C26H21N7.5C2H6/c1-2-11-21(27-17-6-1)32(22-12-3-7-18-28-22)25-15-10-16-26(31-25)33(23-13-4-8-19-29-23)24-14-5-9-20-30-24;5*1-2/h1-5,7-20H,6H2;5*1-2H3. The molecule has 0 aliphatic carbocycles. The van der Waals surface area contributed by atoms with Crippen molar-refractivity contribution in [3.8, 4) is 0 Å². The smallest absolute Gasteiger partial charge is 0.142 e. The van der Waals surface area contributed by atoms with Crippen LogP contribution in [0.15, 0.2) is 120 Å². The predicted octanol–water partition coefficient (Wildman–Crippen LogP) is 10.9. The Morgan fingerprint density at radius 2 is 0.907 bits per heavy atom. The van der Waals surface area contributed by atoms with Crippen LogP contribution < -0.4 is 9.80 Å². The average molecular weight is 582 g/mol. The molecule has 0 atom stereocenters. The van der Waals surface area contributed by atoms with E-state index in [1.807, 2.05) is 170 Å². The number of hydrogen-bond donors (Lipinski definition) is 0. The molecular weight excluding hydrogens is 530 g/mol. The molecule has 0 N–H and O–H groups in total. The largest absolute Gasteiger partial charge is 0.262 e. The van der Waals surface area contributed by atoms with Crippen LogP contribution in [0.5, 0.6) is 0 Å². The van der Waals surface area contributed by atoms with Crippen LogP contribution in [0.3, 0.4) is 0 Å². The molecule has 0 saturated carbocycles. The van der Waals surface area contributed by atoms with Gasteiger partial charge in [0.15, 0.2) is 0 Å². The average Bonchev–Trinajstić information content (AvgIpc) is 3.41. The van der Waals surface area contributed by atoms with E-state index in [-0.39, 0.29) is 0 Å². The fourth-order valence-corrected chi connectivity index (χ4v) is 3.44. The summed E-state index contributed by atoms with van der Waals surface area (Å²) in [6.45, 7) is 20.0. The van der Waals surface area contributed by atoms with Crippen molar-refractivity contribution in [1.29, 1.82) is 0 Å². The summed E-state index contributed by atoms with van der Waals surface area (Å²) in [5.74, 6) is 4.26. The quantitative estimate of drug-likeness (QED) is 0.225. The fourth-order valence-electron chi connectivity index (χ4n) is 3.44. The lowest BCUT2D eigenvalue weighted by molar-refractivity contribution is 1.02. The molecule has 5 heterocycles. The zero-order valence-corrected chi connectivity index (χ0v) is 27.8. The second-order valence-corrected chi connectivity index (χ2v) is 7.09. The number of aliphatic imine (C=N–C) groups is 1. The third-order valence-corrected chi connectivity index (χ3v) is 4.89. The molecule has 7 heteroatoms. The SMILES string of the molecule is C1=CCC=NC(N(c2ccccn2)c2cccc(N(c3ccccn3)c3ccccn3)n2)=C1.CC.CC.CC.CC.CC. The second-order valence-electron chi connectivity index (χ2n) is 7.09. The van der Waals surface area contributed by atoms with Crippen LogP contribution in [0.25, 0.3) is 0 Å². The predicted molar refractivity (Wildman–Crippen MR) is 188 cm³/mol. The van der Waals surface area contributed by atoms with Gasteiger partial charge in [0.1, 0.15) is 34.9 Å². The first kappa shape index (κ1) is 38.4. The van der Waals surface area contributed by atoms with Crippen LogP contribution >= 0.6 is 0 Å². The van der Waals surface area contributed by atoms with Gasteiger partial charge in [-0.1, -0.05) is 106 Å². The molecule has 4 aromatic heterocycles. The summed E-state index contributed by atoms with van der Waals surface area (Å²) in [6.07, 6.45) is 13.9. The molecule has 0 spiro atoms. The molecular formula is C36H51N7. The number of anilines is 5. The van der Waals surface area contributed by atoms with Gasteiger partial charge in [-0.25, -0.2) is 24.9 Å². The van der Waals surface area contributed by atoms with E-state index in [0.29, 0.717) is 11.6 Å². The van der Waals surface area contributed by atoms with Crippen molar-refractivity contribution in [3.05, 3.63) is 115 Å². The number of hydrogen-bond acceptors (Lipinski definition) is 7. The van der Waals surface area contributed by atoms with Gasteiger partial charge in [-0.05, 0) is 54.6 Å². The molecule has 5 rings (SSSR count). The Morgan fingerprint density at radius 1 is 0.488 bits per heavy atom. The lowest BCUT2D eigenvalue weighted by Crippen LogP contribution is -2.20. The van der Waals surface area contributed by atoms with Crippen molar-refractivity contribution >= 4 is 35.3 Å². The van der Waals surface area contributed by atoms with Gasteiger partial charge in [0.25, 0.3) is 0 Å². The molecule has 0 aromatic carbocycles. The van der Waals surface area contributed by atoms with E-state index in [1.54, 1.807) is 18.6 Å². The lowest BCUT2D eigenvalue weighted by atomic mass is 10.3. The number of aromatic nitrogens is 4. The van der Waals surface area contributed by atoms with Crippen LogP contribution in [-0.2, 0) is 0 Å². The van der Waals surface area contributed by atoms with Gasteiger partial charge >= 0.3 is 0 Å². The van der Waals surface area contributed by atoms with Crippen molar-refractivity contribution in [2.45, 2.75) is 75.7 Å². The zero-order chi connectivity index (χ0) is 32.3. The number of rotatable bonds is 6. The minimum atomic E-state index is 0.680. The molecule has 4 aromatic rings. The maximum atomic E-state index is 5.00. The highest BCUT2D eigenvalue weighted by atomic mass is 15.3. The summed E-state index contributed by atoms with van der Waals surface area (Å²) in [7, 11) is 0. The molecule has 7 nitrogen and oxygen atoms in total. The Morgan fingerprint density at radius 3 is 1.35 bits per heavy atom. The molecule has 0 unspecified atom stereocenters. The van der Waals surface area contributed by atoms with Crippen LogP contribution in [0, 0.1) is 0 Å². The zero-order valence-electron chi connectivity index (χ0n) is 27.8. The molecule has 0 bridgehead atoms. The van der Waals surface area contributed by atoms with Crippen LogP contribution in [-0.4, -0.2) is 26.2 Å². The molecule has 0 amide bonds. The van der Waals surface area contributed by atoms with Gasteiger partial charge in [0.2, 0.25) is 0 Å². The number of allylic oxidation sites excluding steroid dienone is 3. The van der Waals surface area contributed by atoms with Crippen molar-refractivity contribution in [1.82, 2.24) is 19.9 Å². The highest BCUT2D eigenvalue weighted by Crippen LogP contribution is 2.34. The first-order valence-corrected chi connectivity index (χ1v) is 15.6. The molecule has 1 aliphatic heterocycles. The first-order chi connectivity index (χ1) is 21.4. The van der Waals surface area contributed by atoms with E-state index in [2.05, 4.69) is 26.0 Å². The summed E-state index contributed by atoms with van der Waals surface area (Å²) < 4.78 is 0. The summed E-state index contributed by atoms with van der Waals surface area (Å²) in [5, 5.41) is 0. The summed E-state index contributed by atoms with van der Waals surface area (Å²) in [5.41, 5.74) is 0. The fraction of sp³-hybridized carbons (Fsp3) is 0.306. The normalized spacial score (nSPS) is 10.4. The lowest BCUT2D eigenvalue weighted by Gasteiger charge is -2.26. The van der Waals surface area contributed by atoms with Crippen molar-refractivity contribution < 1.29 is 0 Å². The minimum Gasteiger partial charge on any atom is -0.262 e. The van der Waals surface area contributed by atoms with E-state index in [0.717, 1.165) is 29.7 Å². The topological polar surface area (TPSA) is 70.4 Å². The highest BCUT2D eigenvalue weighted by Gasteiger charge is 2.20. The first-order valence-electron chi connectivity index (χ1n) is 15.6. The third-order valence-electron chi connectivity index (χ3n) is 4.89. The number of pyridine rings is 4. The highest BCUT2D eigenvalue weighted by molar-refractivity contribution is 5.73. The molecule has 0 saturated heterocycles. The Balaban J connectivity index is 0.00000161. The van der Waals surface area contributed by atoms with Gasteiger partial charge in [-0.3, -0.25) is 9.80 Å². The third kappa shape index (κ3) is 12.0. The molecule has 43 heavy (non-hydrogen) atoms. The van der Waals surface area contributed by atoms with E-state index in [4.69, 9.17) is 4.98 Å². The van der Waals surface area contributed by atoms with Gasteiger partial charge < -0.3 is 0 Å². The number of nitrogens with zero attached hydrogens (tertiary/aromatic N) is 7. The second kappa shape index (κ2) is 25.1. The summed E-state index contributed by atoms with van der Waals surface area (Å²) >= 11 is 0. The van der Waals surface area contributed by atoms with Crippen molar-refractivity contribution in [2.24, 2.45) is 4.99 Å². The maximum absolute atomic E-state index is 5.00. The monoisotopic (exact) mass is 581 g/mol. The molecule has 0 fully saturated rings. The van der Waals surface area contributed by atoms with E-state index < -0.39 is 0 Å². The summed E-state index contributed by atoms with van der Waals surface area (Å²) in [4.78, 5) is 27.2. The summed E-state index contributed by atoms with van der Waals surface area (Å²) in [6, 6.07) is 23.1. The molecule has 230 valence electrons. The Bertz CT molecular complexity index is 1250.